The van der Waals surface area contributed by atoms with Crippen LogP contribution in [-0.2, 0) is 19.4 Å². The van der Waals surface area contributed by atoms with Gasteiger partial charge in [-0.15, -0.1) is 0 Å². The van der Waals surface area contributed by atoms with E-state index in [1.807, 2.05) is 0 Å². The highest BCUT2D eigenvalue weighted by atomic mass is 79.9. The Hall–Kier alpha value is -0.350. The molecule has 2 rings (SSSR count). The molecule has 2 unspecified atom stereocenters. The highest BCUT2D eigenvalue weighted by Crippen LogP contribution is 2.38. The number of aryl methyl sites for hydroxylation is 2. The second-order valence-corrected chi connectivity index (χ2v) is 6.28. The molecular weight excluding hydrogens is 302 g/mol. The average molecular weight is 328 g/mol. The van der Waals surface area contributed by atoms with E-state index in [2.05, 4.69) is 46.7 Å². The number of nitrogens with one attached hydrogen (secondary N) is 1. The first-order chi connectivity index (χ1) is 9.21. The van der Waals surface area contributed by atoms with Crippen LogP contribution in [0.4, 0.5) is 0 Å². The van der Waals surface area contributed by atoms with E-state index in [0.717, 1.165) is 31.3 Å². The molecule has 1 aliphatic rings. The standard InChI is InChI=1S/C15H26BrN3/c1-4-13-15(16)14(19(6-3)18-13)9-11-7-8-12(11)10-17-5-2/h11-12,17H,4-10H2,1-3H3. The van der Waals surface area contributed by atoms with Gasteiger partial charge in [-0.25, -0.2) is 0 Å². The molecule has 1 aromatic heterocycles. The molecular formula is C15H26BrN3. The fraction of sp³-hybridized carbons (Fsp3) is 0.800. The van der Waals surface area contributed by atoms with Gasteiger partial charge in [-0.2, -0.15) is 5.10 Å². The molecule has 0 saturated heterocycles. The SMILES string of the molecule is CCNCC1CCC1Cc1c(Br)c(CC)nn1CC. The van der Waals surface area contributed by atoms with Crippen LogP contribution in [0.25, 0.3) is 0 Å². The molecule has 0 spiro atoms. The molecule has 1 aromatic rings. The van der Waals surface area contributed by atoms with Gasteiger partial charge in [0, 0.05) is 6.54 Å². The lowest BCUT2D eigenvalue weighted by atomic mass is 9.71. The Balaban J connectivity index is 2.04. The van der Waals surface area contributed by atoms with Crippen LogP contribution in [0, 0.1) is 11.8 Å². The van der Waals surface area contributed by atoms with Gasteiger partial charge in [0.2, 0.25) is 0 Å². The number of halogens is 1. The zero-order chi connectivity index (χ0) is 13.8. The Morgan fingerprint density at radius 2 is 2.00 bits per heavy atom. The van der Waals surface area contributed by atoms with Crippen molar-refractivity contribution in [3.05, 3.63) is 15.9 Å². The molecule has 19 heavy (non-hydrogen) atoms. The highest BCUT2D eigenvalue weighted by Gasteiger charge is 2.32. The Morgan fingerprint density at radius 3 is 2.53 bits per heavy atom. The van der Waals surface area contributed by atoms with Crippen molar-refractivity contribution in [2.24, 2.45) is 11.8 Å². The number of nitrogens with zero attached hydrogens (tertiary/aromatic N) is 2. The molecule has 0 aliphatic heterocycles. The van der Waals surface area contributed by atoms with Crippen molar-refractivity contribution in [2.75, 3.05) is 13.1 Å². The zero-order valence-corrected chi connectivity index (χ0v) is 14.0. The fourth-order valence-electron chi connectivity index (χ4n) is 2.97. The summed E-state index contributed by atoms with van der Waals surface area (Å²) in [5.74, 6) is 1.69. The Morgan fingerprint density at radius 1 is 1.26 bits per heavy atom. The Bertz CT molecular complexity index is 414. The van der Waals surface area contributed by atoms with Gasteiger partial charge in [-0.1, -0.05) is 13.8 Å². The molecule has 0 radical (unpaired) electrons. The van der Waals surface area contributed by atoms with E-state index in [4.69, 9.17) is 5.10 Å². The molecule has 2 atom stereocenters. The van der Waals surface area contributed by atoms with Crippen molar-refractivity contribution in [3.63, 3.8) is 0 Å². The first-order valence-electron chi connectivity index (χ1n) is 7.65. The van der Waals surface area contributed by atoms with Gasteiger partial charge in [0.15, 0.2) is 0 Å². The van der Waals surface area contributed by atoms with E-state index in [1.165, 1.54) is 41.7 Å². The third-order valence-electron chi connectivity index (χ3n) is 4.38. The molecule has 1 heterocycles. The summed E-state index contributed by atoms with van der Waals surface area (Å²) in [6.45, 7) is 9.77. The van der Waals surface area contributed by atoms with Gasteiger partial charge in [-0.05, 0) is 73.5 Å². The smallest absolute Gasteiger partial charge is 0.0766 e. The number of hydrogen-bond donors (Lipinski definition) is 1. The summed E-state index contributed by atoms with van der Waals surface area (Å²) >= 11 is 3.76. The maximum atomic E-state index is 4.70. The monoisotopic (exact) mass is 327 g/mol. The fourth-order valence-corrected chi connectivity index (χ4v) is 3.69. The second-order valence-electron chi connectivity index (χ2n) is 5.49. The molecule has 1 saturated carbocycles. The summed E-state index contributed by atoms with van der Waals surface area (Å²) < 4.78 is 3.44. The van der Waals surface area contributed by atoms with Gasteiger partial charge in [-0.3, -0.25) is 4.68 Å². The van der Waals surface area contributed by atoms with Gasteiger partial charge in [0.25, 0.3) is 0 Å². The number of hydrogen-bond acceptors (Lipinski definition) is 2. The second kappa shape index (κ2) is 6.89. The molecule has 4 heteroatoms. The van der Waals surface area contributed by atoms with Crippen molar-refractivity contribution in [1.29, 1.82) is 0 Å². The molecule has 3 nitrogen and oxygen atoms in total. The lowest BCUT2D eigenvalue weighted by molar-refractivity contribution is 0.168. The lowest BCUT2D eigenvalue weighted by Crippen LogP contribution is -2.36. The van der Waals surface area contributed by atoms with E-state index in [1.54, 1.807) is 0 Å². The van der Waals surface area contributed by atoms with Crippen molar-refractivity contribution in [1.82, 2.24) is 15.1 Å². The Labute approximate surface area is 125 Å². The summed E-state index contributed by atoms with van der Waals surface area (Å²) in [7, 11) is 0. The van der Waals surface area contributed by atoms with Crippen LogP contribution in [0.3, 0.4) is 0 Å². The molecule has 108 valence electrons. The minimum atomic E-state index is 0.835. The topological polar surface area (TPSA) is 29.9 Å². The maximum absolute atomic E-state index is 4.70. The van der Waals surface area contributed by atoms with Crippen LogP contribution >= 0.6 is 15.9 Å². The van der Waals surface area contributed by atoms with Gasteiger partial charge < -0.3 is 5.32 Å². The largest absolute Gasteiger partial charge is 0.317 e. The summed E-state index contributed by atoms with van der Waals surface area (Å²) in [5, 5.41) is 8.19. The highest BCUT2D eigenvalue weighted by molar-refractivity contribution is 9.10. The van der Waals surface area contributed by atoms with Crippen LogP contribution in [0.15, 0.2) is 4.47 Å². The van der Waals surface area contributed by atoms with Crippen molar-refractivity contribution in [2.45, 2.75) is 53.0 Å². The molecule has 0 aromatic carbocycles. The zero-order valence-electron chi connectivity index (χ0n) is 12.4. The summed E-state index contributed by atoms with van der Waals surface area (Å²) in [6.07, 6.45) is 4.94. The third kappa shape index (κ3) is 3.22. The van der Waals surface area contributed by atoms with E-state index >= 15 is 0 Å². The number of rotatable bonds is 7. The first kappa shape index (κ1) is 15.0. The molecule has 0 bridgehead atoms. The summed E-state index contributed by atoms with van der Waals surface area (Å²) in [4.78, 5) is 0. The van der Waals surface area contributed by atoms with Crippen molar-refractivity contribution in [3.8, 4) is 0 Å². The summed E-state index contributed by atoms with van der Waals surface area (Å²) in [6, 6.07) is 0. The van der Waals surface area contributed by atoms with Crippen LogP contribution in [0.2, 0.25) is 0 Å². The van der Waals surface area contributed by atoms with Crippen molar-refractivity contribution >= 4 is 15.9 Å². The average Bonchev–Trinajstić information content (AvgIpc) is 2.71. The molecule has 1 N–H and O–H groups in total. The predicted octanol–water partition coefficient (Wildman–Crippen LogP) is 3.41. The normalized spacial score (nSPS) is 22.5. The minimum Gasteiger partial charge on any atom is -0.317 e. The van der Waals surface area contributed by atoms with Gasteiger partial charge >= 0.3 is 0 Å². The molecule has 1 fully saturated rings. The lowest BCUT2D eigenvalue weighted by Gasteiger charge is -2.37. The van der Waals surface area contributed by atoms with Crippen LogP contribution < -0.4 is 5.32 Å². The van der Waals surface area contributed by atoms with Crippen LogP contribution in [0.1, 0.15) is 45.0 Å². The van der Waals surface area contributed by atoms with E-state index in [0.29, 0.717) is 0 Å². The van der Waals surface area contributed by atoms with E-state index in [9.17, 15) is 0 Å². The van der Waals surface area contributed by atoms with E-state index in [-0.39, 0.29) is 0 Å². The summed E-state index contributed by atoms with van der Waals surface area (Å²) in [5.41, 5.74) is 2.62. The minimum absolute atomic E-state index is 0.835. The van der Waals surface area contributed by atoms with Gasteiger partial charge in [0.05, 0.1) is 15.9 Å². The Kier molecular flexibility index (Phi) is 5.46. The quantitative estimate of drug-likeness (QED) is 0.831. The van der Waals surface area contributed by atoms with Gasteiger partial charge in [0.1, 0.15) is 0 Å². The number of aromatic nitrogens is 2. The van der Waals surface area contributed by atoms with E-state index < -0.39 is 0 Å². The molecule has 0 amide bonds. The third-order valence-corrected chi connectivity index (χ3v) is 5.30. The first-order valence-corrected chi connectivity index (χ1v) is 8.45. The van der Waals surface area contributed by atoms with Crippen LogP contribution in [0.5, 0.6) is 0 Å². The predicted molar refractivity (Wildman–Crippen MR) is 83.4 cm³/mol. The van der Waals surface area contributed by atoms with Crippen molar-refractivity contribution < 1.29 is 0 Å². The van der Waals surface area contributed by atoms with Crippen LogP contribution in [-0.4, -0.2) is 22.9 Å². The maximum Gasteiger partial charge on any atom is 0.0766 e. The molecule has 1 aliphatic carbocycles.